The summed E-state index contributed by atoms with van der Waals surface area (Å²) in [6.45, 7) is 1.20. The summed E-state index contributed by atoms with van der Waals surface area (Å²) in [6.07, 6.45) is 3.67. The van der Waals surface area contributed by atoms with Gasteiger partial charge in [-0.25, -0.2) is 4.79 Å². The topological polar surface area (TPSA) is 51.5 Å². The number of benzene rings is 1. The predicted octanol–water partition coefficient (Wildman–Crippen LogP) is 5.16. The number of nitrogens with zero attached hydrogens (tertiary/aromatic N) is 1. The first kappa shape index (κ1) is 18.2. The molecule has 0 fully saturated rings. The summed E-state index contributed by atoms with van der Waals surface area (Å²) < 4.78 is 31.2. The summed E-state index contributed by atoms with van der Waals surface area (Å²) in [7, 11) is 1.83. The van der Waals surface area contributed by atoms with Crippen molar-refractivity contribution in [1.29, 1.82) is 0 Å². The highest BCUT2D eigenvalue weighted by atomic mass is 19.3. The lowest BCUT2D eigenvalue weighted by molar-refractivity contribution is -0.0497. The summed E-state index contributed by atoms with van der Waals surface area (Å²) in [5.41, 5.74) is 1.66. The molecule has 0 amide bonds. The summed E-state index contributed by atoms with van der Waals surface area (Å²) in [5, 5.41) is 10.2. The molecule has 1 aromatic carbocycles. The Bertz CT molecular complexity index is 719. The van der Waals surface area contributed by atoms with Crippen LogP contribution < -0.4 is 4.74 Å². The number of carboxylic acids is 1. The number of carboxylic acid groups (broad SMARTS) is 1. The van der Waals surface area contributed by atoms with Crippen molar-refractivity contribution < 1.29 is 23.4 Å². The molecule has 1 aromatic heterocycles. The Kier molecular flexibility index (Phi) is 5.80. The molecule has 0 atom stereocenters. The standard InChI is InChI=1S/C18H23F2NO3/c1-4-6-11(7-5-2)16-15(17(22)23)13-10-12(24-18(19)20)8-9-14(13)21(16)3/h8-11,18H,4-7H2,1-3H3,(H,22,23). The lowest BCUT2D eigenvalue weighted by Gasteiger charge is -2.18. The molecule has 0 spiro atoms. The number of aromatic carboxylic acids is 1. The molecule has 2 rings (SSSR count). The normalized spacial score (nSPS) is 11.6. The highest BCUT2D eigenvalue weighted by Crippen LogP contribution is 2.37. The van der Waals surface area contributed by atoms with Crippen molar-refractivity contribution >= 4 is 16.9 Å². The summed E-state index contributed by atoms with van der Waals surface area (Å²) in [5.74, 6) is -0.940. The fraction of sp³-hybridized carbons (Fsp3) is 0.500. The average molecular weight is 339 g/mol. The van der Waals surface area contributed by atoms with E-state index in [0.717, 1.165) is 31.4 Å². The van der Waals surface area contributed by atoms with Crippen LogP contribution >= 0.6 is 0 Å². The molecule has 132 valence electrons. The van der Waals surface area contributed by atoms with Gasteiger partial charge in [-0.3, -0.25) is 0 Å². The van der Waals surface area contributed by atoms with Crippen LogP contribution in [0.3, 0.4) is 0 Å². The summed E-state index contributed by atoms with van der Waals surface area (Å²) in [6, 6.07) is 4.47. The molecule has 0 unspecified atom stereocenters. The van der Waals surface area contributed by atoms with Crippen LogP contribution in [0.2, 0.25) is 0 Å². The number of ether oxygens (including phenoxy) is 1. The van der Waals surface area contributed by atoms with E-state index in [4.69, 9.17) is 0 Å². The van der Waals surface area contributed by atoms with Crippen LogP contribution in [-0.4, -0.2) is 22.3 Å². The van der Waals surface area contributed by atoms with Crippen molar-refractivity contribution in [2.75, 3.05) is 0 Å². The Morgan fingerprint density at radius 1 is 1.25 bits per heavy atom. The number of halogens is 2. The second-order valence-corrected chi connectivity index (χ2v) is 5.96. The van der Waals surface area contributed by atoms with Gasteiger partial charge in [0, 0.05) is 29.6 Å². The number of fused-ring (bicyclic) bond motifs is 1. The third-order valence-electron chi connectivity index (χ3n) is 4.32. The second kappa shape index (κ2) is 7.64. The molecule has 0 aliphatic heterocycles. The molecule has 6 heteroatoms. The first-order chi connectivity index (χ1) is 11.4. The van der Waals surface area contributed by atoms with Gasteiger partial charge in [0.2, 0.25) is 0 Å². The molecule has 0 saturated carbocycles. The van der Waals surface area contributed by atoms with Crippen LogP contribution in [0.25, 0.3) is 10.9 Å². The zero-order valence-corrected chi connectivity index (χ0v) is 14.2. The number of hydrogen-bond donors (Lipinski definition) is 1. The fourth-order valence-corrected chi connectivity index (χ4v) is 3.44. The molecule has 0 bridgehead atoms. The SMILES string of the molecule is CCCC(CCC)c1c(C(=O)O)c2cc(OC(F)F)ccc2n1C. The number of aromatic nitrogens is 1. The summed E-state index contributed by atoms with van der Waals surface area (Å²) in [4.78, 5) is 11.9. The first-order valence-electron chi connectivity index (χ1n) is 8.21. The van der Waals surface area contributed by atoms with E-state index in [-0.39, 0.29) is 17.2 Å². The van der Waals surface area contributed by atoms with Gasteiger partial charge in [0.05, 0.1) is 5.56 Å². The number of rotatable bonds is 8. The maximum Gasteiger partial charge on any atom is 0.387 e. The maximum absolute atomic E-state index is 12.4. The van der Waals surface area contributed by atoms with Crippen LogP contribution in [-0.2, 0) is 7.05 Å². The Morgan fingerprint density at radius 3 is 2.38 bits per heavy atom. The van der Waals surface area contributed by atoms with Crippen molar-refractivity contribution in [2.24, 2.45) is 7.05 Å². The van der Waals surface area contributed by atoms with E-state index in [9.17, 15) is 18.7 Å². The summed E-state index contributed by atoms with van der Waals surface area (Å²) >= 11 is 0. The molecular weight excluding hydrogens is 316 g/mol. The fourth-order valence-electron chi connectivity index (χ4n) is 3.44. The van der Waals surface area contributed by atoms with Crippen molar-refractivity contribution in [3.8, 4) is 5.75 Å². The van der Waals surface area contributed by atoms with Crippen LogP contribution in [0.5, 0.6) is 5.75 Å². The van der Waals surface area contributed by atoms with Gasteiger partial charge in [0.15, 0.2) is 0 Å². The van der Waals surface area contributed by atoms with Crippen molar-refractivity contribution in [1.82, 2.24) is 4.57 Å². The number of alkyl halides is 2. The molecule has 1 heterocycles. The monoisotopic (exact) mass is 339 g/mol. The van der Waals surface area contributed by atoms with Crippen LogP contribution in [0, 0.1) is 0 Å². The van der Waals surface area contributed by atoms with Gasteiger partial charge in [-0.2, -0.15) is 8.78 Å². The molecule has 24 heavy (non-hydrogen) atoms. The van der Waals surface area contributed by atoms with Crippen molar-refractivity contribution in [3.05, 3.63) is 29.5 Å². The van der Waals surface area contributed by atoms with Gasteiger partial charge >= 0.3 is 12.6 Å². The zero-order chi connectivity index (χ0) is 17.9. The molecule has 0 aliphatic carbocycles. The van der Waals surface area contributed by atoms with Gasteiger partial charge < -0.3 is 14.4 Å². The Labute approximate surface area is 140 Å². The van der Waals surface area contributed by atoms with Crippen molar-refractivity contribution in [3.63, 3.8) is 0 Å². The first-order valence-corrected chi connectivity index (χ1v) is 8.21. The number of aryl methyl sites for hydroxylation is 1. The molecular formula is C18H23F2NO3. The minimum atomic E-state index is -2.94. The van der Waals surface area contributed by atoms with E-state index in [1.165, 1.54) is 12.1 Å². The number of hydrogen-bond acceptors (Lipinski definition) is 2. The van der Waals surface area contributed by atoms with E-state index in [0.29, 0.717) is 10.9 Å². The van der Waals surface area contributed by atoms with E-state index in [1.54, 1.807) is 6.07 Å². The van der Waals surface area contributed by atoms with Gasteiger partial charge in [-0.15, -0.1) is 0 Å². The molecule has 1 N–H and O–H groups in total. The van der Waals surface area contributed by atoms with Gasteiger partial charge in [0.1, 0.15) is 5.75 Å². The Balaban J connectivity index is 2.67. The van der Waals surface area contributed by atoms with Crippen LogP contribution in [0.4, 0.5) is 8.78 Å². The maximum atomic E-state index is 12.4. The Morgan fingerprint density at radius 2 is 1.88 bits per heavy atom. The average Bonchev–Trinajstić information content (AvgIpc) is 2.79. The second-order valence-electron chi connectivity index (χ2n) is 5.96. The van der Waals surface area contributed by atoms with Gasteiger partial charge in [-0.05, 0) is 31.0 Å². The highest BCUT2D eigenvalue weighted by molar-refractivity contribution is 6.05. The number of carbonyl (C=O) groups is 1. The minimum absolute atomic E-state index is 0.0281. The molecule has 4 nitrogen and oxygen atoms in total. The lowest BCUT2D eigenvalue weighted by atomic mass is 9.91. The minimum Gasteiger partial charge on any atom is -0.478 e. The largest absolute Gasteiger partial charge is 0.478 e. The van der Waals surface area contributed by atoms with Crippen molar-refractivity contribution in [2.45, 2.75) is 52.1 Å². The molecule has 2 aromatic rings. The third kappa shape index (κ3) is 3.52. The van der Waals surface area contributed by atoms with E-state index in [2.05, 4.69) is 18.6 Å². The highest BCUT2D eigenvalue weighted by Gasteiger charge is 2.26. The van der Waals surface area contributed by atoms with E-state index < -0.39 is 12.6 Å². The van der Waals surface area contributed by atoms with Gasteiger partial charge in [-0.1, -0.05) is 26.7 Å². The smallest absolute Gasteiger partial charge is 0.387 e. The quantitative estimate of drug-likeness (QED) is 0.722. The van der Waals surface area contributed by atoms with Gasteiger partial charge in [0.25, 0.3) is 0 Å². The molecule has 0 radical (unpaired) electrons. The third-order valence-corrected chi connectivity index (χ3v) is 4.32. The van der Waals surface area contributed by atoms with Crippen LogP contribution in [0.1, 0.15) is 61.5 Å². The predicted molar refractivity (Wildman–Crippen MR) is 89.1 cm³/mol. The molecule has 0 aliphatic rings. The van der Waals surface area contributed by atoms with Crippen LogP contribution in [0.15, 0.2) is 18.2 Å². The van der Waals surface area contributed by atoms with E-state index >= 15 is 0 Å². The van der Waals surface area contributed by atoms with E-state index in [1.807, 2.05) is 11.6 Å². The zero-order valence-electron chi connectivity index (χ0n) is 14.2. The molecule has 0 saturated heterocycles. The lowest BCUT2D eigenvalue weighted by Crippen LogP contribution is -2.10. The Hall–Kier alpha value is -2.11.